The van der Waals surface area contributed by atoms with Crippen LogP contribution in [0.5, 0.6) is 0 Å². The van der Waals surface area contributed by atoms with E-state index in [4.69, 9.17) is 14.5 Å². The van der Waals surface area contributed by atoms with Gasteiger partial charge in [0.1, 0.15) is 23.8 Å². The molecule has 1 aromatic heterocycles. The molecule has 220 valence electrons. The lowest BCUT2D eigenvalue weighted by atomic mass is 9.82. The van der Waals surface area contributed by atoms with Gasteiger partial charge in [-0.3, -0.25) is 9.59 Å². The molecule has 0 saturated heterocycles. The summed E-state index contributed by atoms with van der Waals surface area (Å²) in [6.07, 6.45) is 8.60. The van der Waals surface area contributed by atoms with Crippen molar-refractivity contribution in [2.75, 3.05) is 13.7 Å². The van der Waals surface area contributed by atoms with E-state index in [9.17, 15) is 14.0 Å². The van der Waals surface area contributed by atoms with Crippen molar-refractivity contribution in [3.05, 3.63) is 65.7 Å². The van der Waals surface area contributed by atoms with Crippen LogP contribution in [0.1, 0.15) is 94.7 Å². The molecule has 2 aliphatic carbocycles. The van der Waals surface area contributed by atoms with Crippen molar-refractivity contribution < 1.29 is 23.5 Å². The normalized spacial score (nSPS) is 21.3. The van der Waals surface area contributed by atoms with Crippen LogP contribution < -0.4 is 5.32 Å². The highest BCUT2D eigenvalue weighted by Crippen LogP contribution is 2.39. The lowest BCUT2D eigenvalue weighted by molar-refractivity contribution is -0.144. The summed E-state index contributed by atoms with van der Waals surface area (Å²) in [5, 5.41) is 3.38. The molecule has 1 amide bonds. The van der Waals surface area contributed by atoms with Gasteiger partial charge < -0.3 is 19.4 Å². The van der Waals surface area contributed by atoms with Crippen LogP contribution in [-0.4, -0.2) is 41.2 Å². The van der Waals surface area contributed by atoms with Crippen LogP contribution in [-0.2, 0) is 19.1 Å². The number of halogens is 1. The molecule has 0 spiro atoms. The third kappa shape index (κ3) is 6.80. The first-order valence-corrected chi connectivity index (χ1v) is 15.2. The second kappa shape index (κ2) is 13.6. The molecule has 0 radical (unpaired) electrons. The maximum absolute atomic E-state index is 14.4. The van der Waals surface area contributed by atoms with E-state index in [1.165, 1.54) is 18.6 Å². The molecule has 3 aromatic rings. The van der Waals surface area contributed by atoms with Gasteiger partial charge in [0.2, 0.25) is 5.91 Å². The molecular formula is C33H42FN3O4. The number of amides is 1. The predicted octanol–water partition coefficient (Wildman–Crippen LogP) is 6.66. The zero-order valence-electron chi connectivity index (χ0n) is 24.2. The molecule has 0 aliphatic heterocycles. The molecule has 2 fully saturated rings. The van der Waals surface area contributed by atoms with Gasteiger partial charge in [0.25, 0.3) is 0 Å². The van der Waals surface area contributed by atoms with Crippen LogP contribution in [0.25, 0.3) is 11.0 Å². The quantitative estimate of drug-likeness (QED) is 0.279. The average Bonchev–Trinajstić information content (AvgIpc) is 3.33. The number of carbonyl (C=O) groups is 2. The molecule has 5 rings (SSSR count). The van der Waals surface area contributed by atoms with Crippen LogP contribution in [0.15, 0.2) is 48.5 Å². The third-order valence-corrected chi connectivity index (χ3v) is 8.85. The summed E-state index contributed by atoms with van der Waals surface area (Å²) in [4.78, 5) is 31.2. The maximum Gasteiger partial charge on any atom is 0.306 e. The number of nitrogens with zero attached hydrogens (tertiary/aromatic N) is 2. The van der Waals surface area contributed by atoms with Crippen molar-refractivity contribution >= 4 is 22.9 Å². The highest BCUT2D eigenvalue weighted by Gasteiger charge is 2.37. The van der Waals surface area contributed by atoms with E-state index in [1.807, 2.05) is 41.8 Å². The van der Waals surface area contributed by atoms with Gasteiger partial charge in [0.15, 0.2) is 0 Å². The Bertz CT molecular complexity index is 1310. The van der Waals surface area contributed by atoms with E-state index in [0.29, 0.717) is 30.3 Å². The number of benzene rings is 2. The fraction of sp³-hybridized carbons (Fsp3) is 0.545. The molecule has 2 atom stereocenters. The zero-order valence-corrected chi connectivity index (χ0v) is 24.2. The molecule has 1 heterocycles. The minimum absolute atomic E-state index is 0.0152. The van der Waals surface area contributed by atoms with Gasteiger partial charge in [-0.15, -0.1) is 0 Å². The number of methoxy groups -OCH3 is 1. The molecular weight excluding hydrogens is 521 g/mol. The topological polar surface area (TPSA) is 82.5 Å². The first kappa shape index (κ1) is 29.2. The standard InChI is InChI=1S/C33H42FN3O4/c1-3-41-29(38)20-22-14-17-26(18-15-22)35-33(39)30(23-10-6-4-7-11-23)37-28-19-16-25(34)21-27(28)36-32(37)31(40-2)24-12-8-5-9-13-24/h5,8-9,12-13,16,19,21-23,26,30-31H,3-4,6-7,10-11,14-15,17-18,20H2,1-2H3,(H,35,39)/t22-,26-,30?,31-/m1/s1. The van der Waals surface area contributed by atoms with Gasteiger partial charge in [0, 0.05) is 25.6 Å². The number of hydrogen-bond donors (Lipinski definition) is 1. The first-order chi connectivity index (χ1) is 20.0. The molecule has 1 N–H and O–H groups in total. The van der Waals surface area contributed by atoms with E-state index in [0.717, 1.165) is 62.4 Å². The maximum atomic E-state index is 14.4. The van der Waals surface area contributed by atoms with Gasteiger partial charge in [0.05, 0.1) is 17.6 Å². The predicted molar refractivity (Wildman–Crippen MR) is 156 cm³/mol. The van der Waals surface area contributed by atoms with Crippen molar-refractivity contribution in [2.24, 2.45) is 11.8 Å². The molecule has 41 heavy (non-hydrogen) atoms. The number of carbonyl (C=O) groups excluding carboxylic acids is 2. The van der Waals surface area contributed by atoms with E-state index in [-0.39, 0.29) is 29.7 Å². The molecule has 2 aromatic carbocycles. The molecule has 0 bridgehead atoms. The Labute approximate surface area is 241 Å². The SMILES string of the molecule is CCOC(=O)C[C@H]1CC[C@H](NC(=O)C(C2CCCCC2)n2c([C@H](OC)c3ccccc3)nc3cc(F)ccc32)CC1. The van der Waals surface area contributed by atoms with Gasteiger partial charge in [-0.2, -0.15) is 0 Å². The summed E-state index contributed by atoms with van der Waals surface area (Å²) in [6, 6.07) is 14.0. The zero-order chi connectivity index (χ0) is 28.8. The van der Waals surface area contributed by atoms with Crippen molar-refractivity contribution in [2.45, 2.75) is 89.3 Å². The number of fused-ring (bicyclic) bond motifs is 1. The number of nitrogens with one attached hydrogen (secondary N) is 1. The van der Waals surface area contributed by atoms with Crippen molar-refractivity contribution in [1.29, 1.82) is 0 Å². The fourth-order valence-electron chi connectivity index (χ4n) is 6.83. The van der Waals surface area contributed by atoms with E-state index in [2.05, 4.69) is 5.32 Å². The molecule has 2 saturated carbocycles. The second-order valence-electron chi connectivity index (χ2n) is 11.6. The largest absolute Gasteiger partial charge is 0.466 e. The van der Waals surface area contributed by atoms with E-state index < -0.39 is 12.1 Å². The lowest BCUT2D eigenvalue weighted by Gasteiger charge is -2.35. The number of rotatable bonds is 10. The van der Waals surface area contributed by atoms with E-state index in [1.54, 1.807) is 13.2 Å². The smallest absolute Gasteiger partial charge is 0.306 e. The van der Waals surface area contributed by atoms with Gasteiger partial charge >= 0.3 is 5.97 Å². The van der Waals surface area contributed by atoms with E-state index >= 15 is 0 Å². The Balaban J connectivity index is 1.47. The van der Waals surface area contributed by atoms with Crippen molar-refractivity contribution in [3.8, 4) is 0 Å². The minimum atomic E-state index is -0.510. The first-order valence-electron chi connectivity index (χ1n) is 15.2. The Morgan fingerprint density at radius 1 is 1.02 bits per heavy atom. The number of imidazole rings is 1. The summed E-state index contributed by atoms with van der Waals surface area (Å²) < 4.78 is 27.6. The monoisotopic (exact) mass is 563 g/mol. The molecule has 2 aliphatic rings. The van der Waals surface area contributed by atoms with Crippen LogP contribution in [0.4, 0.5) is 4.39 Å². The highest BCUT2D eigenvalue weighted by molar-refractivity contribution is 5.85. The van der Waals surface area contributed by atoms with Gasteiger partial charge in [-0.25, -0.2) is 9.37 Å². The van der Waals surface area contributed by atoms with Crippen LogP contribution in [0, 0.1) is 17.7 Å². The molecule has 8 heteroatoms. The second-order valence-corrected chi connectivity index (χ2v) is 11.6. The highest BCUT2D eigenvalue weighted by atomic mass is 19.1. The average molecular weight is 564 g/mol. The number of aromatic nitrogens is 2. The number of hydrogen-bond acceptors (Lipinski definition) is 5. The Kier molecular flexibility index (Phi) is 9.70. The Morgan fingerprint density at radius 2 is 1.76 bits per heavy atom. The third-order valence-electron chi connectivity index (χ3n) is 8.85. The molecule has 1 unspecified atom stereocenters. The number of ether oxygens (including phenoxy) is 2. The van der Waals surface area contributed by atoms with Gasteiger partial charge in [-0.1, -0.05) is 49.6 Å². The van der Waals surface area contributed by atoms with Crippen LogP contribution >= 0.6 is 0 Å². The summed E-state index contributed by atoms with van der Waals surface area (Å²) in [6.45, 7) is 2.23. The molecule has 7 nitrogen and oxygen atoms in total. The summed E-state index contributed by atoms with van der Waals surface area (Å²) >= 11 is 0. The summed E-state index contributed by atoms with van der Waals surface area (Å²) in [5.74, 6) is 0.531. The summed E-state index contributed by atoms with van der Waals surface area (Å²) in [5.41, 5.74) is 2.18. The van der Waals surface area contributed by atoms with Crippen LogP contribution in [0.2, 0.25) is 0 Å². The Hall–Kier alpha value is -3.26. The van der Waals surface area contributed by atoms with Crippen molar-refractivity contribution in [1.82, 2.24) is 14.9 Å². The number of esters is 1. The van der Waals surface area contributed by atoms with Crippen LogP contribution in [0.3, 0.4) is 0 Å². The summed E-state index contributed by atoms with van der Waals surface area (Å²) in [7, 11) is 1.65. The fourth-order valence-corrected chi connectivity index (χ4v) is 6.83. The Morgan fingerprint density at radius 3 is 2.44 bits per heavy atom. The van der Waals surface area contributed by atoms with Gasteiger partial charge in [-0.05, 0) is 75.0 Å². The van der Waals surface area contributed by atoms with Crippen molar-refractivity contribution in [3.63, 3.8) is 0 Å². The lowest BCUT2D eigenvalue weighted by Crippen LogP contribution is -2.44. The minimum Gasteiger partial charge on any atom is -0.466 e.